The smallest absolute Gasteiger partial charge is 0.270 e. The highest BCUT2D eigenvalue weighted by molar-refractivity contribution is 7.90. The van der Waals surface area contributed by atoms with E-state index in [9.17, 15) is 18.0 Å². The van der Waals surface area contributed by atoms with E-state index in [1.54, 1.807) is 36.5 Å². The first-order valence-electron chi connectivity index (χ1n) is 8.38. The van der Waals surface area contributed by atoms with Gasteiger partial charge in [-0.2, -0.15) is 0 Å². The van der Waals surface area contributed by atoms with Gasteiger partial charge in [0.05, 0.1) is 10.9 Å². The zero-order chi connectivity index (χ0) is 19.6. The maximum atomic E-state index is 12.6. The Bertz CT molecular complexity index is 1150. The number of carbonyl (C=O) groups excluding carboxylic acids is 1. The number of carbonyl (C=O) groups is 1. The highest BCUT2D eigenvalue weighted by Crippen LogP contribution is 2.19. The van der Waals surface area contributed by atoms with Crippen LogP contribution in [-0.2, 0) is 9.84 Å². The largest absolute Gasteiger partial charge is 0.345 e. The Labute approximate surface area is 156 Å². The van der Waals surface area contributed by atoms with Crippen molar-refractivity contribution in [3.63, 3.8) is 0 Å². The third-order valence-electron chi connectivity index (χ3n) is 4.28. The second kappa shape index (κ2) is 7.32. The molecule has 3 rings (SSSR count). The van der Waals surface area contributed by atoms with Gasteiger partial charge in [-0.3, -0.25) is 14.0 Å². The summed E-state index contributed by atoms with van der Waals surface area (Å²) in [6.07, 6.45) is 4.54. The third-order valence-corrected chi connectivity index (χ3v) is 5.41. The van der Waals surface area contributed by atoms with Crippen molar-refractivity contribution in [1.82, 2.24) is 14.7 Å². The average molecular weight is 385 g/mol. The normalized spacial score (nSPS) is 12.7. The number of rotatable bonds is 5. The van der Waals surface area contributed by atoms with Crippen LogP contribution in [0.15, 0.2) is 64.5 Å². The molecule has 1 amide bonds. The molecular formula is C19H19N3O4S. The number of pyridine rings is 1. The molecule has 0 saturated carbocycles. The van der Waals surface area contributed by atoms with E-state index < -0.39 is 21.3 Å². The zero-order valence-electron chi connectivity index (χ0n) is 14.9. The first-order valence-corrected chi connectivity index (χ1v) is 10.3. The van der Waals surface area contributed by atoms with Gasteiger partial charge in [0, 0.05) is 18.6 Å². The van der Waals surface area contributed by atoms with E-state index in [4.69, 9.17) is 0 Å². The Kier molecular flexibility index (Phi) is 5.09. The van der Waals surface area contributed by atoms with E-state index in [1.807, 2.05) is 6.92 Å². The molecule has 0 aliphatic carbocycles. The summed E-state index contributed by atoms with van der Waals surface area (Å²) in [5.41, 5.74) is 0.722. The Morgan fingerprint density at radius 2 is 1.89 bits per heavy atom. The standard InChI is InChI=1S/C19H19N3O4S/c1-3-16(13-7-9-14(10-8-13)27(2,25)26)21-18(23)15-12-20-17-6-4-5-11-22(17)19(15)24/h4-12,16H,3H2,1-2H3,(H,21,23)/t16-/m0/s1. The number of hydrogen-bond acceptors (Lipinski definition) is 5. The molecule has 0 aliphatic heterocycles. The second-order valence-electron chi connectivity index (χ2n) is 6.18. The SMILES string of the molecule is CC[C@H](NC(=O)c1cnc2ccccn2c1=O)c1ccc(S(C)(=O)=O)cc1. The fourth-order valence-corrected chi connectivity index (χ4v) is 3.42. The van der Waals surface area contributed by atoms with Crippen molar-refractivity contribution < 1.29 is 13.2 Å². The van der Waals surface area contributed by atoms with Crippen molar-refractivity contribution in [2.24, 2.45) is 0 Å². The van der Waals surface area contributed by atoms with Crippen LogP contribution in [0, 0.1) is 0 Å². The number of nitrogens with one attached hydrogen (secondary N) is 1. The van der Waals surface area contributed by atoms with E-state index in [0.717, 1.165) is 11.8 Å². The van der Waals surface area contributed by atoms with Crippen molar-refractivity contribution in [3.05, 3.63) is 76.3 Å². The van der Waals surface area contributed by atoms with Crippen LogP contribution >= 0.6 is 0 Å². The molecule has 140 valence electrons. The van der Waals surface area contributed by atoms with Crippen LogP contribution in [0.4, 0.5) is 0 Å². The molecule has 1 N–H and O–H groups in total. The van der Waals surface area contributed by atoms with Crippen molar-refractivity contribution in [1.29, 1.82) is 0 Å². The Hall–Kier alpha value is -3.00. The van der Waals surface area contributed by atoms with Crippen LogP contribution in [0.1, 0.15) is 35.3 Å². The van der Waals surface area contributed by atoms with Crippen LogP contribution in [-0.4, -0.2) is 30.0 Å². The molecule has 0 radical (unpaired) electrons. The van der Waals surface area contributed by atoms with Gasteiger partial charge < -0.3 is 5.32 Å². The number of amides is 1. The predicted octanol–water partition coefficient (Wildman–Crippen LogP) is 1.98. The maximum absolute atomic E-state index is 12.6. The van der Waals surface area contributed by atoms with Gasteiger partial charge in [0.2, 0.25) is 0 Å². The second-order valence-corrected chi connectivity index (χ2v) is 8.20. The Balaban J connectivity index is 1.88. The van der Waals surface area contributed by atoms with Crippen LogP contribution in [0.25, 0.3) is 5.65 Å². The molecule has 1 aromatic carbocycles. The molecule has 2 aromatic heterocycles. The van der Waals surface area contributed by atoms with E-state index in [-0.39, 0.29) is 16.5 Å². The van der Waals surface area contributed by atoms with Crippen molar-refractivity contribution in [3.8, 4) is 0 Å². The monoisotopic (exact) mass is 385 g/mol. The van der Waals surface area contributed by atoms with Crippen LogP contribution in [0.2, 0.25) is 0 Å². The van der Waals surface area contributed by atoms with Crippen LogP contribution < -0.4 is 10.9 Å². The van der Waals surface area contributed by atoms with Crippen LogP contribution in [0.3, 0.4) is 0 Å². The first-order chi connectivity index (χ1) is 12.8. The van der Waals surface area contributed by atoms with Gasteiger partial charge in [-0.1, -0.05) is 25.1 Å². The predicted molar refractivity (Wildman–Crippen MR) is 102 cm³/mol. The number of fused-ring (bicyclic) bond motifs is 1. The van der Waals surface area contributed by atoms with Gasteiger partial charge >= 0.3 is 0 Å². The van der Waals surface area contributed by atoms with Crippen molar-refractivity contribution in [2.75, 3.05) is 6.26 Å². The molecule has 0 saturated heterocycles. The summed E-state index contributed by atoms with van der Waals surface area (Å²) < 4.78 is 24.5. The fourth-order valence-electron chi connectivity index (χ4n) is 2.79. The summed E-state index contributed by atoms with van der Waals surface area (Å²) in [5, 5.41) is 2.82. The van der Waals surface area contributed by atoms with Gasteiger partial charge in [0.25, 0.3) is 11.5 Å². The lowest BCUT2D eigenvalue weighted by atomic mass is 10.0. The fraction of sp³-hybridized carbons (Fsp3) is 0.211. The van der Waals surface area contributed by atoms with Gasteiger partial charge in [-0.15, -0.1) is 0 Å². The molecular weight excluding hydrogens is 366 g/mol. The molecule has 3 aromatic rings. The topological polar surface area (TPSA) is 97.6 Å². The van der Waals surface area contributed by atoms with E-state index in [0.29, 0.717) is 12.1 Å². The van der Waals surface area contributed by atoms with Gasteiger partial charge in [0.15, 0.2) is 9.84 Å². The number of benzene rings is 1. The lowest BCUT2D eigenvalue weighted by Crippen LogP contribution is -2.34. The molecule has 7 nitrogen and oxygen atoms in total. The quantitative estimate of drug-likeness (QED) is 0.724. The van der Waals surface area contributed by atoms with E-state index >= 15 is 0 Å². The molecule has 0 fully saturated rings. The van der Waals surface area contributed by atoms with Crippen LogP contribution in [0.5, 0.6) is 0 Å². The van der Waals surface area contributed by atoms with Gasteiger partial charge in [0.1, 0.15) is 11.2 Å². The molecule has 0 spiro atoms. The third kappa shape index (κ3) is 3.90. The lowest BCUT2D eigenvalue weighted by molar-refractivity contribution is 0.0933. The minimum Gasteiger partial charge on any atom is -0.345 e. The number of hydrogen-bond donors (Lipinski definition) is 1. The maximum Gasteiger partial charge on any atom is 0.270 e. The molecule has 8 heteroatoms. The summed E-state index contributed by atoms with van der Waals surface area (Å²) in [4.78, 5) is 29.5. The highest BCUT2D eigenvalue weighted by Gasteiger charge is 2.18. The van der Waals surface area contributed by atoms with Crippen molar-refractivity contribution in [2.45, 2.75) is 24.3 Å². The highest BCUT2D eigenvalue weighted by atomic mass is 32.2. The lowest BCUT2D eigenvalue weighted by Gasteiger charge is -2.17. The summed E-state index contributed by atoms with van der Waals surface area (Å²) in [6, 6.07) is 11.1. The van der Waals surface area contributed by atoms with E-state index in [1.165, 1.54) is 22.7 Å². The summed E-state index contributed by atoms with van der Waals surface area (Å²) >= 11 is 0. The summed E-state index contributed by atoms with van der Waals surface area (Å²) in [5.74, 6) is -0.523. The van der Waals surface area contributed by atoms with Crippen molar-refractivity contribution >= 4 is 21.4 Å². The molecule has 27 heavy (non-hydrogen) atoms. The van der Waals surface area contributed by atoms with Gasteiger partial charge in [-0.05, 0) is 36.2 Å². The summed E-state index contributed by atoms with van der Waals surface area (Å²) in [6.45, 7) is 1.89. The number of nitrogens with zero attached hydrogens (tertiary/aromatic N) is 2. The Morgan fingerprint density at radius 3 is 2.52 bits per heavy atom. The molecule has 0 bridgehead atoms. The number of sulfone groups is 1. The first kappa shape index (κ1) is 18.8. The minimum atomic E-state index is -3.28. The van der Waals surface area contributed by atoms with E-state index in [2.05, 4.69) is 10.3 Å². The Morgan fingerprint density at radius 1 is 1.19 bits per heavy atom. The van der Waals surface area contributed by atoms with Gasteiger partial charge in [-0.25, -0.2) is 13.4 Å². The summed E-state index contributed by atoms with van der Waals surface area (Å²) in [7, 11) is -3.28. The average Bonchev–Trinajstić information content (AvgIpc) is 2.66. The molecule has 0 aliphatic rings. The molecule has 1 atom stereocenters. The molecule has 0 unspecified atom stereocenters. The molecule has 2 heterocycles. The zero-order valence-corrected chi connectivity index (χ0v) is 15.7. The number of aromatic nitrogens is 2. The minimum absolute atomic E-state index is 0.0510.